The number of rotatable bonds is 6. The molecule has 3 heterocycles. The van der Waals surface area contributed by atoms with E-state index in [2.05, 4.69) is 33.5 Å². The van der Waals surface area contributed by atoms with Gasteiger partial charge in [0.05, 0.1) is 6.42 Å². The molecular formula is C24H32FN5O. The minimum absolute atomic E-state index is 0.125. The number of likely N-dealkylation sites (tertiary alicyclic amines) is 1. The van der Waals surface area contributed by atoms with Gasteiger partial charge in [-0.05, 0) is 49.6 Å². The number of pyridine rings is 1. The second-order valence-electron chi connectivity index (χ2n) is 8.73. The standard InChI is InChI=1S/C24H32FN5O/c1-18-16-29(12-9-26-18)17-19-5-6-22(27-15-19)14-24(31)30-10-7-21(8-11-30)28-23-4-2-3-20(25)13-23/h2-6,13,15,18,21,26,28H,7-12,14,16-17H2,1H3/t18-/m0/s1. The van der Waals surface area contributed by atoms with E-state index >= 15 is 0 Å². The largest absolute Gasteiger partial charge is 0.382 e. The molecule has 31 heavy (non-hydrogen) atoms. The molecule has 6 nitrogen and oxygen atoms in total. The van der Waals surface area contributed by atoms with E-state index < -0.39 is 0 Å². The van der Waals surface area contributed by atoms with Gasteiger partial charge in [-0.15, -0.1) is 0 Å². The zero-order chi connectivity index (χ0) is 21.6. The predicted octanol–water partition coefficient (Wildman–Crippen LogP) is 2.66. The Balaban J connectivity index is 1.22. The number of aromatic nitrogens is 1. The Labute approximate surface area is 183 Å². The first-order chi connectivity index (χ1) is 15.0. The Kier molecular flexibility index (Phi) is 7.14. The minimum atomic E-state index is -0.237. The number of nitrogens with one attached hydrogen (secondary N) is 2. The van der Waals surface area contributed by atoms with Crippen molar-refractivity contribution in [3.8, 4) is 0 Å². The highest BCUT2D eigenvalue weighted by molar-refractivity contribution is 5.78. The molecule has 1 aromatic heterocycles. The maximum atomic E-state index is 13.4. The minimum Gasteiger partial charge on any atom is -0.382 e. The van der Waals surface area contributed by atoms with Crippen LogP contribution in [-0.4, -0.2) is 65.5 Å². The zero-order valence-electron chi connectivity index (χ0n) is 18.2. The molecule has 2 saturated heterocycles. The van der Waals surface area contributed by atoms with Crippen LogP contribution in [0.3, 0.4) is 0 Å². The fraction of sp³-hybridized carbons (Fsp3) is 0.500. The third kappa shape index (κ3) is 6.24. The van der Waals surface area contributed by atoms with Gasteiger partial charge in [0.25, 0.3) is 0 Å². The first-order valence-electron chi connectivity index (χ1n) is 11.2. The van der Waals surface area contributed by atoms with Crippen molar-refractivity contribution >= 4 is 11.6 Å². The van der Waals surface area contributed by atoms with Crippen LogP contribution < -0.4 is 10.6 Å². The molecule has 0 saturated carbocycles. The molecule has 0 radical (unpaired) electrons. The van der Waals surface area contributed by atoms with Crippen molar-refractivity contribution in [2.45, 2.75) is 44.8 Å². The number of piperazine rings is 1. The van der Waals surface area contributed by atoms with Gasteiger partial charge in [0.1, 0.15) is 5.82 Å². The Morgan fingerprint density at radius 1 is 1.23 bits per heavy atom. The summed E-state index contributed by atoms with van der Waals surface area (Å²) in [6.07, 6.45) is 3.97. The van der Waals surface area contributed by atoms with Crippen molar-refractivity contribution in [3.63, 3.8) is 0 Å². The third-order valence-electron chi connectivity index (χ3n) is 6.12. The summed E-state index contributed by atoms with van der Waals surface area (Å²) in [6, 6.07) is 11.4. The Morgan fingerprint density at radius 2 is 2.06 bits per heavy atom. The van der Waals surface area contributed by atoms with Crippen LogP contribution in [0.1, 0.15) is 31.0 Å². The second-order valence-corrected chi connectivity index (χ2v) is 8.73. The SMILES string of the molecule is C[C@H]1CN(Cc2ccc(CC(=O)N3CCC(Nc4cccc(F)c4)CC3)nc2)CCN1. The third-order valence-corrected chi connectivity index (χ3v) is 6.12. The van der Waals surface area contributed by atoms with Gasteiger partial charge in [0, 0.05) is 68.9 Å². The smallest absolute Gasteiger partial charge is 0.228 e. The van der Waals surface area contributed by atoms with E-state index in [4.69, 9.17) is 0 Å². The topological polar surface area (TPSA) is 60.5 Å². The number of hydrogen-bond acceptors (Lipinski definition) is 5. The molecule has 0 aliphatic carbocycles. The summed E-state index contributed by atoms with van der Waals surface area (Å²) >= 11 is 0. The highest BCUT2D eigenvalue weighted by atomic mass is 19.1. The first-order valence-corrected chi connectivity index (χ1v) is 11.2. The van der Waals surface area contributed by atoms with Gasteiger partial charge in [0.15, 0.2) is 0 Å². The molecule has 7 heteroatoms. The van der Waals surface area contributed by atoms with Crippen molar-refractivity contribution in [1.82, 2.24) is 20.1 Å². The summed E-state index contributed by atoms with van der Waals surface area (Å²) in [7, 11) is 0. The zero-order valence-corrected chi connectivity index (χ0v) is 18.2. The summed E-state index contributed by atoms with van der Waals surface area (Å²) in [4.78, 5) is 21.6. The van der Waals surface area contributed by atoms with Crippen LogP contribution in [0, 0.1) is 5.82 Å². The molecule has 2 fully saturated rings. The van der Waals surface area contributed by atoms with Crippen LogP contribution in [0.4, 0.5) is 10.1 Å². The average Bonchev–Trinajstić information content (AvgIpc) is 2.76. The van der Waals surface area contributed by atoms with E-state index in [1.54, 1.807) is 6.07 Å². The van der Waals surface area contributed by atoms with E-state index in [-0.39, 0.29) is 17.8 Å². The van der Waals surface area contributed by atoms with Crippen molar-refractivity contribution in [2.24, 2.45) is 0 Å². The second kappa shape index (κ2) is 10.2. The van der Waals surface area contributed by atoms with Crippen LogP contribution in [-0.2, 0) is 17.8 Å². The molecule has 2 aliphatic heterocycles. The molecule has 2 aliphatic rings. The highest BCUT2D eigenvalue weighted by Crippen LogP contribution is 2.18. The van der Waals surface area contributed by atoms with Crippen molar-refractivity contribution in [3.05, 3.63) is 59.7 Å². The molecule has 0 spiro atoms. The molecule has 4 rings (SSSR count). The number of anilines is 1. The molecule has 0 bridgehead atoms. The van der Waals surface area contributed by atoms with Gasteiger partial charge in [-0.1, -0.05) is 12.1 Å². The fourth-order valence-corrected chi connectivity index (χ4v) is 4.42. The molecule has 1 atom stereocenters. The van der Waals surface area contributed by atoms with Crippen LogP contribution >= 0.6 is 0 Å². The molecule has 1 amide bonds. The summed E-state index contributed by atoms with van der Waals surface area (Å²) in [5.74, 6) is -0.112. The quantitative estimate of drug-likeness (QED) is 0.745. The van der Waals surface area contributed by atoms with Gasteiger partial charge < -0.3 is 15.5 Å². The number of carbonyl (C=O) groups excluding carboxylic acids is 1. The molecule has 0 unspecified atom stereocenters. The van der Waals surface area contributed by atoms with Crippen LogP contribution in [0.2, 0.25) is 0 Å². The van der Waals surface area contributed by atoms with Crippen LogP contribution in [0.5, 0.6) is 0 Å². The van der Waals surface area contributed by atoms with E-state index in [1.165, 1.54) is 17.7 Å². The van der Waals surface area contributed by atoms with E-state index in [0.717, 1.165) is 50.4 Å². The van der Waals surface area contributed by atoms with E-state index in [1.807, 2.05) is 23.2 Å². The Bertz CT molecular complexity index is 867. The lowest BCUT2D eigenvalue weighted by Gasteiger charge is -2.33. The Hall–Kier alpha value is -2.51. The van der Waals surface area contributed by atoms with Gasteiger partial charge in [0.2, 0.25) is 5.91 Å². The predicted molar refractivity (Wildman–Crippen MR) is 120 cm³/mol. The lowest BCUT2D eigenvalue weighted by Crippen LogP contribution is -2.48. The summed E-state index contributed by atoms with van der Waals surface area (Å²) in [5.41, 5.74) is 2.81. The van der Waals surface area contributed by atoms with Crippen molar-refractivity contribution in [1.29, 1.82) is 0 Å². The number of amides is 1. The highest BCUT2D eigenvalue weighted by Gasteiger charge is 2.23. The lowest BCUT2D eigenvalue weighted by molar-refractivity contribution is -0.131. The molecular weight excluding hydrogens is 393 g/mol. The van der Waals surface area contributed by atoms with Gasteiger partial charge in [-0.3, -0.25) is 14.7 Å². The normalized spacial score (nSPS) is 20.6. The van der Waals surface area contributed by atoms with Crippen LogP contribution in [0.15, 0.2) is 42.6 Å². The molecule has 166 valence electrons. The van der Waals surface area contributed by atoms with E-state index in [0.29, 0.717) is 25.6 Å². The average molecular weight is 426 g/mol. The first kappa shape index (κ1) is 21.7. The maximum absolute atomic E-state index is 13.4. The number of piperidine rings is 1. The van der Waals surface area contributed by atoms with Crippen molar-refractivity contribution in [2.75, 3.05) is 38.0 Å². The summed E-state index contributed by atoms with van der Waals surface area (Å²) < 4.78 is 13.4. The molecule has 1 aromatic carbocycles. The summed E-state index contributed by atoms with van der Waals surface area (Å²) in [5, 5.41) is 6.83. The Morgan fingerprint density at radius 3 is 2.77 bits per heavy atom. The maximum Gasteiger partial charge on any atom is 0.228 e. The summed E-state index contributed by atoms with van der Waals surface area (Å²) in [6.45, 7) is 7.66. The number of benzene rings is 1. The van der Waals surface area contributed by atoms with Gasteiger partial charge in [-0.25, -0.2) is 4.39 Å². The van der Waals surface area contributed by atoms with Crippen LogP contribution in [0.25, 0.3) is 0 Å². The van der Waals surface area contributed by atoms with Crippen molar-refractivity contribution < 1.29 is 9.18 Å². The lowest BCUT2D eigenvalue weighted by atomic mass is 10.0. The monoisotopic (exact) mass is 425 g/mol. The molecule has 2 N–H and O–H groups in total. The number of nitrogens with zero attached hydrogens (tertiary/aromatic N) is 3. The molecule has 2 aromatic rings. The van der Waals surface area contributed by atoms with Gasteiger partial charge >= 0.3 is 0 Å². The number of hydrogen-bond donors (Lipinski definition) is 2. The van der Waals surface area contributed by atoms with E-state index in [9.17, 15) is 9.18 Å². The van der Waals surface area contributed by atoms with Gasteiger partial charge in [-0.2, -0.15) is 0 Å². The number of carbonyl (C=O) groups is 1. The fourth-order valence-electron chi connectivity index (χ4n) is 4.42. The number of halogens is 1.